The highest BCUT2D eigenvalue weighted by Gasteiger charge is 2.10. The van der Waals surface area contributed by atoms with E-state index >= 15 is 0 Å². The number of benzene rings is 2. The van der Waals surface area contributed by atoms with Crippen LogP contribution in [0.25, 0.3) is 10.2 Å². The minimum atomic E-state index is 0.0155. The average molecular weight is 353 g/mol. The number of hydrogen-bond acceptors (Lipinski definition) is 3. The number of anilines is 1. The quantitative estimate of drug-likeness (QED) is 0.619. The van der Waals surface area contributed by atoms with Gasteiger partial charge in [-0.3, -0.25) is 4.79 Å². The van der Waals surface area contributed by atoms with Crippen molar-refractivity contribution in [1.29, 1.82) is 0 Å². The highest BCUT2D eigenvalue weighted by molar-refractivity contribution is 7.22. The van der Waals surface area contributed by atoms with Gasteiger partial charge in [0.1, 0.15) is 0 Å². The second-order valence-corrected chi connectivity index (χ2v) is 7.62. The molecule has 1 amide bonds. The first-order valence-electron chi connectivity index (χ1n) is 8.81. The summed E-state index contributed by atoms with van der Waals surface area (Å²) in [6.45, 7) is 6.49. The number of nitrogens with zero attached hydrogens (tertiary/aromatic N) is 1. The van der Waals surface area contributed by atoms with E-state index in [0.29, 0.717) is 17.5 Å². The minimum absolute atomic E-state index is 0.0155. The van der Waals surface area contributed by atoms with E-state index in [1.54, 1.807) is 11.3 Å². The molecule has 0 spiro atoms. The third-order valence-electron chi connectivity index (χ3n) is 4.60. The molecule has 0 saturated heterocycles. The fourth-order valence-corrected chi connectivity index (χ4v) is 3.66. The maximum atomic E-state index is 12.2. The molecule has 130 valence electrons. The number of hydrogen-bond donors (Lipinski definition) is 1. The fourth-order valence-electron chi connectivity index (χ4n) is 2.73. The molecule has 3 nitrogen and oxygen atoms in total. The second kappa shape index (κ2) is 7.79. The van der Waals surface area contributed by atoms with Crippen LogP contribution in [0, 0.1) is 6.92 Å². The molecule has 0 saturated carbocycles. The molecule has 3 aromatic rings. The Labute approximate surface area is 153 Å². The molecule has 1 atom stereocenters. The SMILES string of the molecule is CCC(C)c1ccc2nc(NC(=O)CCc3ccc(C)cc3)sc2c1. The number of rotatable bonds is 6. The van der Waals surface area contributed by atoms with Crippen molar-refractivity contribution in [2.75, 3.05) is 5.32 Å². The molecule has 0 aliphatic heterocycles. The summed E-state index contributed by atoms with van der Waals surface area (Å²) in [5, 5.41) is 3.63. The molecule has 4 heteroatoms. The summed E-state index contributed by atoms with van der Waals surface area (Å²) in [6, 6.07) is 14.7. The Hall–Kier alpha value is -2.20. The summed E-state index contributed by atoms with van der Waals surface area (Å²) in [6.07, 6.45) is 2.33. The van der Waals surface area contributed by atoms with Crippen LogP contribution < -0.4 is 5.32 Å². The predicted octanol–water partition coefficient (Wildman–Crippen LogP) is 5.69. The molecule has 0 aliphatic rings. The third-order valence-corrected chi connectivity index (χ3v) is 5.54. The lowest BCUT2D eigenvalue weighted by Crippen LogP contribution is -2.12. The number of amides is 1. The predicted molar refractivity (Wildman–Crippen MR) is 106 cm³/mol. The lowest BCUT2D eigenvalue weighted by molar-refractivity contribution is -0.116. The first-order valence-corrected chi connectivity index (χ1v) is 9.62. The normalized spacial score (nSPS) is 12.3. The van der Waals surface area contributed by atoms with E-state index in [4.69, 9.17) is 0 Å². The Bertz CT molecular complexity index is 867. The molecular formula is C21H24N2OS. The molecule has 1 unspecified atom stereocenters. The van der Waals surface area contributed by atoms with Gasteiger partial charge in [-0.1, -0.05) is 61.1 Å². The number of nitrogens with one attached hydrogen (secondary N) is 1. The Kier molecular flexibility index (Phi) is 5.49. The number of aryl methyl sites for hydroxylation is 2. The lowest BCUT2D eigenvalue weighted by atomic mass is 9.99. The zero-order valence-corrected chi connectivity index (χ0v) is 15.8. The van der Waals surface area contributed by atoms with Gasteiger partial charge in [-0.15, -0.1) is 0 Å². The van der Waals surface area contributed by atoms with Crippen molar-refractivity contribution in [2.45, 2.75) is 46.0 Å². The van der Waals surface area contributed by atoms with Crippen molar-refractivity contribution >= 4 is 32.6 Å². The smallest absolute Gasteiger partial charge is 0.226 e. The number of fused-ring (bicyclic) bond motifs is 1. The average Bonchev–Trinajstić information content (AvgIpc) is 3.01. The van der Waals surface area contributed by atoms with Gasteiger partial charge in [0, 0.05) is 6.42 Å². The van der Waals surface area contributed by atoms with E-state index in [1.807, 2.05) is 0 Å². The van der Waals surface area contributed by atoms with Gasteiger partial charge in [0.2, 0.25) is 5.91 Å². The summed E-state index contributed by atoms with van der Waals surface area (Å²) >= 11 is 1.55. The van der Waals surface area contributed by atoms with Crippen molar-refractivity contribution in [3.05, 3.63) is 59.2 Å². The summed E-state index contributed by atoms with van der Waals surface area (Å²) in [7, 11) is 0. The lowest BCUT2D eigenvalue weighted by Gasteiger charge is -2.07. The Balaban J connectivity index is 1.63. The van der Waals surface area contributed by atoms with Crippen LogP contribution in [0.3, 0.4) is 0 Å². The summed E-state index contributed by atoms with van der Waals surface area (Å²) in [5.41, 5.74) is 4.70. The van der Waals surface area contributed by atoms with Gasteiger partial charge in [-0.25, -0.2) is 4.98 Å². The molecule has 1 heterocycles. The molecule has 1 aromatic heterocycles. The maximum absolute atomic E-state index is 12.2. The Morgan fingerprint density at radius 2 is 1.96 bits per heavy atom. The van der Waals surface area contributed by atoms with Gasteiger partial charge in [-0.2, -0.15) is 0 Å². The van der Waals surface area contributed by atoms with Crippen LogP contribution >= 0.6 is 11.3 Å². The van der Waals surface area contributed by atoms with Crippen molar-refractivity contribution in [3.63, 3.8) is 0 Å². The summed E-state index contributed by atoms with van der Waals surface area (Å²) in [5.74, 6) is 0.556. The zero-order valence-electron chi connectivity index (χ0n) is 15.0. The first-order chi connectivity index (χ1) is 12.0. The van der Waals surface area contributed by atoms with E-state index in [9.17, 15) is 4.79 Å². The molecule has 0 bridgehead atoms. The van der Waals surface area contributed by atoms with Gasteiger partial charge in [-0.05, 0) is 48.9 Å². The molecule has 0 aliphatic carbocycles. The molecule has 25 heavy (non-hydrogen) atoms. The van der Waals surface area contributed by atoms with Crippen LogP contribution in [-0.4, -0.2) is 10.9 Å². The standard InChI is InChI=1S/C21H24N2OS/c1-4-15(3)17-10-11-18-19(13-17)25-21(22-18)23-20(24)12-9-16-7-5-14(2)6-8-16/h5-8,10-11,13,15H,4,9,12H2,1-3H3,(H,22,23,24). The van der Waals surface area contributed by atoms with Crippen LogP contribution in [0.15, 0.2) is 42.5 Å². The van der Waals surface area contributed by atoms with Crippen LogP contribution in [-0.2, 0) is 11.2 Å². The molecule has 0 radical (unpaired) electrons. The topological polar surface area (TPSA) is 42.0 Å². The maximum Gasteiger partial charge on any atom is 0.226 e. The zero-order chi connectivity index (χ0) is 17.8. The first kappa shape index (κ1) is 17.6. The van der Waals surface area contributed by atoms with E-state index in [2.05, 4.69) is 73.5 Å². The van der Waals surface area contributed by atoms with Gasteiger partial charge in [0.05, 0.1) is 10.2 Å². The van der Waals surface area contributed by atoms with Gasteiger partial charge in [0.15, 0.2) is 5.13 Å². The largest absolute Gasteiger partial charge is 0.302 e. The summed E-state index contributed by atoms with van der Waals surface area (Å²) in [4.78, 5) is 16.7. The monoisotopic (exact) mass is 352 g/mol. The molecular weight excluding hydrogens is 328 g/mol. The van der Waals surface area contributed by atoms with Gasteiger partial charge >= 0.3 is 0 Å². The minimum Gasteiger partial charge on any atom is -0.302 e. The number of thiazole rings is 1. The van der Waals surface area contributed by atoms with Gasteiger partial charge in [0.25, 0.3) is 0 Å². The molecule has 1 N–H and O–H groups in total. The van der Waals surface area contributed by atoms with Crippen LogP contribution in [0.4, 0.5) is 5.13 Å². The second-order valence-electron chi connectivity index (χ2n) is 6.59. The van der Waals surface area contributed by atoms with E-state index in [-0.39, 0.29) is 5.91 Å². The summed E-state index contributed by atoms with van der Waals surface area (Å²) < 4.78 is 1.13. The van der Waals surface area contributed by atoms with Crippen molar-refractivity contribution in [1.82, 2.24) is 4.98 Å². The van der Waals surface area contributed by atoms with Crippen molar-refractivity contribution in [2.24, 2.45) is 0 Å². The molecule has 3 rings (SSSR count). The van der Waals surface area contributed by atoms with Crippen LogP contribution in [0.5, 0.6) is 0 Å². The van der Waals surface area contributed by atoms with E-state index in [1.165, 1.54) is 16.7 Å². The Morgan fingerprint density at radius 1 is 1.20 bits per heavy atom. The Morgan fingerprint density at radius 3 is 2.68 bits per heavy atom. The molecule has 0 fully saturated rings. The third kappa shape index (κ3) is 4.45. The van der Waals surface area contributed by atoms with Crippen LogP contribution in [0.1, 0.15) is 49.3 Å². The number of aromatic nitrogens is 1. The fraction of sp³-hybridized carbons (Fsp3) is 0.333. The van der Waals surface area contributed by atoms with E-state index < -0.39 is 0 Å². The highest BCUT2D eigenvalue weighted by Crippen LogP contribution is 2.30. The highest BCUT2D eigenvalue weighted by atomic mass is 32.1. The van der Waals surface area contributed by atoms with Crippen molar-refractivity contribution < 1.29 is 4.79 Å². The van der Waals surface area contributed by atoms with Crippen LogP contribution in [0.2, 0.25) is 0 Å². The molecule has 2 aromatic carbocycles. The number of carbonyl (C=O) groups excluding carboxylic acids is 1. The number of carbonyl (C=O) groups is 1. The van der Waals surface area contributed by atoms with Crippen molar-refractivity contribution in [3.8, 4) is 0 Å². The van der Waals surface area contributed by atoms with Gasteiger partial charge < -0.3 is 5.32 Å². The van der Waals surface area contributed by atoms with E-state index in [0.717, 1.165) is 23.1 Å².